The van der Waals surface area contributed by atoms with Crippen LogP contribution < -0.4 is 0 Å². The van der Waals surface area contributed by atoms with Gasteiger partial charge in [0.1, 0.15) is 6.07 Å². The summed E-state index contributed by atoms with van der Waals surface area (Å²) in [5.41, 5.74) is 2.45. The summed E-state index contributed by atoms with van der Waals surface area (Å²) in [5.74, 6) is 0. The van der Waals surface area contributed by atoms with E-state index in [0.29, 0.717) is 5.56 Å². The first-order chi connectivity index (χ1) is 5.79. The number of nitrogens with zero attached hydrogens (tertiary/aromatic N) is 2. The fraction of sp³-hybridized carbons (Fsp3) is 0.200. The van der Waals surface area contributed by atoms with Crippen LogP contribution in [0.25, 0.3) is 5.57 Å². The Morgan fingerprint density at radius 3 is 3.00 bits per heavy atom. The molecule has 0 aliphatic rings. The molecule has 2 nitrogen and oxygen atoms in total. The van der Waals surface area contributed by atoms with E-state index in [2.05, 4.69) is 11.1 Å². The minimum Gasteiger partial charge on any atom is -0.255 e. The number of pyridine rings is 1. The predicted octanol–water partition coefficient (Wildman–Crippen LogP) is 2.38. The van der Waals surface area contributed by atoms with Gasteiger partial charge in [0.2, 0.25) is 0 Å². The van der Waals surface area contributed by atoms with Crippen molar-refractivity contribution in [2.75, 3.05) is 0 Å². The van der Waals surface area contributed by atoms with Crippen LogP contribution in [-0.4, -0.2) is 4.98 Å². The van der Waals surface area contributed by atoms with Gasteiger partial charge in [-0.05, 0) is 31.6 Å². The molecule has 0 aliphatic heterocycles. The van der Waals surface area contributed by atoms with Crippen molar-refractivity contribution in [2.24, 2.45) is 0 Å². The zero-order chi connectivity index (χ0) is 8.97. The van der Waals surface area contributed by atoms with Crippen molar-refractivity contribution in [3.05, 3.63) is 35.7 Å². The Labute approximate surface area is 72.2 Å². The average molecular weight is 158 g/mol. The van der Waals surface area contributed by atoms with Crippen LogP contribution in [0.15, 0.2) is 24.4 Å². The van der Waals surface area contributed by atoms with Crippen LogP contribution in [0.2, 0.25) is 0 Å². The van der Waals surface area contributed by atoms with E-state index in [4.69, 9.17) is 5.26 Å². The highest BCUT2D eigenvalue weighted by Crippen LogP contribution is 2.14. The second-order valence-corrected chi connectivity index (χ2v) is 2.48. The molecular formula is C10H10N2. The lowest BCUT2D eigenvalue weighted by atomic mass is 10.1. The Kier molecular flexibility index (Phi) is 2.60. The molecule has 1 heterocycles. The van der Waals surface area contributed by atoms with Crippen molar-refractivity contribution in [3.8, 4) is 6.07 Å². The van der Waals surface area contributed by atoms with Gasteiger partial charge in [-0.15, -0.1) is 0 Å². The third-order valence-electron chi connectivity index (χ3n) is 1.73. The van der Waals surface area contributed by atoms with Gasteiger partial charge in [0, 0.05) is 6.20 Å². The van der Waals surface area contributed by atoms with Crippen LogP contribution in [0.4, 0.5) is 0 Å². The monoisotopic (exact) mass is 158 g/mol. The molecule has 1 rings (SSSR count). The van der Waals surface area contributed by atoms with E-state index >= 15 is 0 Å². The zero-order valence-electron chi connectivity index (χ0n) is 7.20. The summed E-state index contributed by atoms with van der Waals surface area (Å²) >= 11 is 0. The van der Waals surface area contributed by atoms with Crippen LogP contribution in [0.1, 0.15) is 25.1 Å². The van der Waals surface area contributed by atoms with Gasteiger partial charge in [0.05, 0.1) is 11.3 Å². The first-order valence-corrected chi connectivity index (χ1v) is 3.78. The molecule has 1 aromatic rings. The van der Waals surface area contributed by atoms with E-state index in [1.807, 2.05) is 19.9 Å². The van der Waals surface area contributed by atoms with Gasteiger partial charge in [0.25, 0.3) is 0 Å². The van der Waals surface area contributed by atoms with E-state index in [-0.39, 0.29) is 0 Å². The molecule has 0 aromatic carbocycles. The van der Waals surface area contributed by atoms with Gasteiger partial charge < -0.3 is 0 Å². The number of aromatic nitrogens is 1. The topological polar surface area (TPSA) is 36.7 Å². The molecule has 0 aliphatic carbocycles. The molecule has 0 saturated heterocycles. The molecular weight excluding hydrogens is 148 g/mol. The van der Waals surface area contributed by atoms with Gasteiger partial charge in [-0.25, -0.2) is 0 Å². The fourth-order valence-corrected chi connectivity index (χ4v) is 0.946. The van der Waals surface area contributed by atoms with Crippen molar-refractivity contribution in [1.82, 2.24) is 4.98 Å². The van der Waals surface area contributed by atoms with Crippen LogP contribution in [0, 0.1) is 11.3 Å². The fourth-order valence-electron chi connectivity index (χ4n) is 0.946. The number of nitriles is 1. The minimum atomic E-state index is 0.633. The van der Waals surface area contributed by atoms with E-state index in [1.165, 1.54) is 0 Å². The van der Waals surface area contributed by atoms with Gasteiger partial charge in [-0.2, -0.15) is 5.26 Å². The summed E-state index contributed by atoms with van der Waals surface area (Å²) in [4.78, 5) is 4.13. The third kappa shape index (κ3) is 1.51. The number of hydrogen-bond acceptors (Lipinski definition) is 2. The quantitative estimate of drug-likeness (QED) is 0.629. The molecule has 0 atom stereocenters. The minimum absolute atomic E-state index is 0.633. The van der Waals surface area contributed by atoms with Gasteiger partial charge in [-0.1, -0.05) is 6.08 Å². The van der Waals surface area contributed by atoms with E-state index in [0.717, 1.165) is 11.3 Å². The van der Waals surface area contributed by atoms with E-state index in [1.54, 1.807) is 18.3 Å². The highest BCUT2D eigenvalue weighted by molar-refractivity contribution is 5.65. The summed E-state index contributed by atoms with van der Waals surface area (Å²) in [7, 11) is 0. The van der Waals surface area contributed by atoms with Crippen molar-refractivity contribution in [2.45, 2.75) is 13.8 Å². The predicted molar refractivity (Wildman–Crippen MR) is 48.3 cm³/mol. The third-order valence-corrected chi connectivity index (χ3v) is 1.73. The van der Waals surface area contributed by atoms with Crippen LogP contribution in [0.3, 0.4) is 0 Å². The van der Waals surface area contributed by atoms with Crippen molar-refractivity contribution >= 4 is 5.57 Å². The largest absolute Gasteiger partial charge is 0.255 e. The maximum atomic E-state index is 8.75. The molecule has 0 saturated carbocycles. The van der Waals surface area contributed by atoms with Crippen molar-refractivity contribution in [1.29, 1.82) is 5.26 Å². The smallest absolute Gasteiger partial charge is 0.101 e. The highest BCUT2D eigenvalue weighted by Gasteiger charge is 2.02. The normalized spacial score (nSPS) is 10.9. The Hall–Kier alpha value is -1.62. The summed E-state index contributed by atoms with van der Waals surface area (Å²) in [5, 5.41) is 8.75. The molecule has 0 bridgehead atoms. The maximum absolute atomic E-state index is 8.75. The van der Waals surface area contributed by atoms with Gasteiger partial charge in [-0.3, -0.25) is 4.98 Å². The van der Waals surface area contributed by atoms with E-state index < -0.39 is 0 Å². The lowest BCUT2D eigenvalue weighted by Gasteiger charge is -2.00. The Morgan fingerprint density at radius 2 is 2.42 bits per heavy atom. The number of rotatable bonds is 1. The van der Waals surface area contributed by atoms with Crippen LogP contribution >= 0.6 is 0 Å². The Bertz CT molecular complexity index is 345. The Morgan fingerprint density at radius 1 is 1.67 bits per heavy atom. The van der Waals surface area contributed by atoms with Crippen LogP contribution in [0.5, 0.6) is 0 Å². The second-order valence-electron chi connectivity index (χ2n) is 2.48. The van der Waals surface area contributed by atoms with Crippen molar-refractivity contribution < 1.29 is 0 Å². The molecule has 0 radical (unpaired) electrons. The SMILES string of the molecule is C/C=C(\C)c1ncccc1C#N. The second kappa shape index (κ2) is 3.68. The molecule has 0 fully saturated rings. The molecule has 12 heavy (non-hydrogen) atoms. The van der Waals surface area contributed by atoms with Crippen molar-refractivity contribution in [3.63, 3.8) is 0 Å². The Balaban J connectivity index is 3.25. The molecule has 60 valence electrons. The number of hydrogen-bond donors (Lipinski definition) is 0. The van der Waals surface area contributed by atoms with Gasteiger partial charge >= 0.3 is 0 Å². The summed E-state index contributed by atoms with van der Waals surface area (Å²) in [6.45, 7) is 3.88. The molecule has 0 spiro atoms. The zero-order valence-corrected chi connectivity index (χ0v) is 7.20. The van der Waals surface area contributed by atoms with Gasteiger partial charge in [0.15, 0.2) is 0 Å². The maximum Gasteiger partial charge on any atom is 0.101 e. The average Bonchev–Trinajstić information content (AvgIpc) is 2.16. The van der Waals surface area contributed by atoms with Crippen LogP contribution in [-0.2, 0) is 0 Å². The molecule has 0 N–H and O–H groups in total. The molecule has 1 aromatic heterocycles. The first-order valence-electron chi connectivity index (χ1n) is 3.78. The summed E-state index contributed by atoms with van der Waals surface area (Å²) in [6, 6.07) is 5.65. The highest BCUT2D eigenvalue weighted by atomic mass is 14.7. The molecule has 0 unspecified atom stereocenters. The standard InChI is InChI=1S/C10H10N2/c1-3-8(2)10-9(7-11)5-4-6-12-10/h3-6H,1-2H3/b8-3+. The summed E-state index contributed by atoms with van der Waals surface area (Å²) < 4.78 is 0. The first kappa shape index (κ1) is 8.48. The van der Waals surface area contributed by atoms with E-state index in [9.17, 15) is 0 Å². The molecule has 0 amide bonds. The summed E-state index contributed by atoms with van der Waals surface area (Å²) in [6.07, 6.45) is 3.65. The number of allylic oxidation sites excluding steroid dienone is 2. The molecule has 2 heteroatoms. The lowest BCUT2D eigenvalue weighted by molar-refractivity contribution is 1.24. The lowest BCUT2D eigenvalue weighted by Crippen LogP contribution is -1.89.